The molecule has 6 heteroatoms. The van der Waals surface area contributed by atoms with Gasteiger partial charge in [0.1, 0.15) is 0 Å². The van der Waals surface area contributed by atoms with Crippen LogP contribution in [0.2, 0.25) is 0 Å². The van der Waals surface area contributed by atoms with Crippen LogP contribution in [0.4, 0.5) is 16.5 Å². The number of benzene rings is 2. The normalized spacial score (nSPS) is 14.8. The Morgan fingerprint density at radius 1 is 1.03 bits per heavy atom. The van der Waals surface area contributed by atoms with E-state index < -0.39 is 0 Å². The quantitative estimate of drug-likeness (QED) is 0.600. The molecule has 0 bridgehead atoms. The molecule has 0 unspecified atom stereocenters. The van der Waals surface area contributed by atoms with E-state index in [0.29, 0.717) is 0 Å². The largest absolute Gasteiger partial charge is 0.369 e. The molecule has 150 valence electrons. The summed E-state index contributed by atoms with van der Waals surface area (Å²) in [5.74, 6) is 0.112. The molecule has 1 fully saturated rings. The van der Waals surface area contributed by atoms with Gasteiger partial charge >= 0.3 is 0 Å². The zero-order valence-corrected chi connectivity index (χ0v) is 17.7. The van der Waals surface area contributed by atoms with Crippen LogP contribution >= 0.6 is 11.3 Å². The molecule has 3 aromatic rings. The first-order valence-corrected chi connectivity index (χ1v) is 10.8. The monoisotopic (exact) mass is 406 g/mol. The zero-order chi connectivity index (χ0) is 20.2. The second-order valence-electron chi connectivity index (χ2n) is 7.50. The Kier molecular flexibility index (Phi) is 5.92. The third kappa shape index (κ3) is 5.02. The van der Waals surface area contributed by atoms with Gasteiger partial charge in [0, 0.05) is 55.0 Å². The Hall–Kier alpha value is -2.70. The van der Waals surface area contributed by atoms with E-state index in [4.69, 9.17) is 4.98 Å². The number of ketones is 1. The molecule has 1 aliphatic rings. The minimum Gasteiger partial charge on any atom is -0.369 e. The Morgan fingerprint density at radius 3 is 2.38 bits per heavy atom. The maximum absolute atomic E-state index is 11.4. The van der Waals surface area contributed by atoms with Gasteiger partial charge in [-0.15, -0.1) is 11.3 Å². The van der Waals surface area contributed by atoms with Crippen molar-refractivity contribution in [1.29, 1.82) is 0 Å². The maximum Gasteiger partial charge on any atom is 0.187 e. The molecule has 2 aromatic carbocycles. The summed E-state index contributed by atoms with van der Waals surface area (Å²) in [6, 6.07) is 16.3. The molecule has 29 heavy (non-hydrogen) atoms. The molecule has 1 aromatic heterocycles. The number of carbonyl (C=O) groups is 1. The highest BCUT2D eigenvalue weighted by Crippen LogP contribution is 2.23. The van der Waals surface area contributed by atoms with E-state index in [1.807, 2.05) is 12.1 Å². The minimum absolute atomic E-state index is 0.112. The maximum atomic E-state index is 11.4. The van der Waals surface area contributed by atoms with Gasteiger partial charge in [-0.1, -0.05) is 17.7 Å². The van der Waals surface area contributed by atoms with Crippen molar-refractivity contribution in [3.05, 3.63) is 70.7 Å². The van der Waals surface area contributed by atoms with E-state index in [1.165, 1.54) is 11.3 Å². The fourth-order valence-corrected chi connectivity index (χ4v) is 4.22. The van der Waals surface area contributed by atoms with Crippen LogP contribution in [0, 0.1) is 6.92 Å². The zero-order valence-electron chi connectivity index (χ0n) is 16.9. The number of nitrogens with zero attached hydrogens (tertiary/aromatic N) is 3. The standard InChI is InChI=1S/C23H26N4OS/c1-17-3-7-20(8-4-17)24-23-25-21(16-29-23)15-26-11-13-27(14-12-26)22-9-5-19(6-10-22)18(2)28/h3-10,16H,11-15H2,1-2H3,(H,24,25). The smallest absolute Gasteiger partial charge is 0.187 e. The van der Waals surface area contributed by atoms with Crippen molar-refractivity contribution in [2.24, 2.45) is 0 Å². The first-order chi connectivity index (χ1) is 14.1. The molecule has 0 amide bonds. The van der Waals surface area contributed by atoms with E-state index in [0.717, 1.165) is 54.8 Å². The summed E-state index contributed by atoms with van der Waals surface area (Å²) < 4.78 is 0. The summed E-state index contributed by atoms with van der Waals surface area (Å²) in [4.78, 5) is 21.0. The molecule has 1 saturated heterocycles. The summed E-state index contributed by atoms with van der Waals surface area (Å²) in [5, 5.41) is 6.47. The number of hydrogen-bond donors (Lipinski definition) is 1. The molecule has 1 N–H and O–H groups in total. The van der Waals surface area contributed by atoms with Gasteiger partial charge in [-0.25, -0.2) is 4.98 Å². The van der Waals surface area contributed by atoms with Crippen LogP contribution < -0.4 is 10.2 Å². The summed E-state index contributed by atoms with van der Waals surface area (Å²) in [7, 11) is 0. The van der Waals surface area contributed by atoms with Crippen molar-refractivity contribution >= 4 is 33.6 Å². The number of anilines is 3. The predicted octanol–water partition coefficient (Wildman–Crippen LogP) is 4.72. The van der Waals surface area contributed by atoms with Crippen LogP contribution in [0.3, 0.4) is 0 Å². The van der Waals surface area contributed by atoms with Crippen molar-refractivity contribution < 1.29 is 4.79 Å². The topological polar surface area (TPSA) is 48.5 Å². The second kappa shape index (κ2) is 8.76. The Balaban J connectivity index is 1.29. The molecule has 0 atom stereocenters. The molecular formula is C23H26N4OS. The van der Waals surface area contributed by atoms with E-state index in [-0.39, 0.29) is 5.78 Å². The van der Waals surface area contributed by atoms with Gasteiger partial charge in [-0.05, 0) is 50.2 Å². The number of piperazine rings is 1. The van der Waals surface area contributed by atoms with Crippen LogP contribution in [-0.2, 0) is 6.54 Å². The third-order valence-corrected chi connectivity index (χ3v) is 6.06. The fraction of sp³-hybridized carbons (Fsp3) is 0.304. The number of thiazole rings is 1. The SMILES string of the molecule is CC(=O)c1ccc(N2CCN(Cc3csc(Nc4ccc(C)cc4)n3)CC2)cc1. The van der Waals surface area contributed by atoms with Gasteiger partial charge in [0.2, 0.25) is 0 Å². The van der Waals surface area contributed by atoms with E-state index in [1.54, 1.807) is 18.3 Å². The van der Waals surface area contributed by atoms with Gasteiger partial charge in [0.25, 0.3) is 0 Å². The van der Waals surface area contributed by atoms with Crippen molar-refractivity contribution in [3.8, 4) is 0 Å². The molecule has 4 rings (SSSR count). The number of carbonyl (C=O) groups excluding carboxylic acids is 1. The van der Waals surface area contributed by atoms with Gasteiger partial charge in [-0.3, -0.25) is 9.69 Å². The third-order valence-electron chi connectivity index (χ3n) is 5.25. The summed E-state index contributed by atoms with van der Waals surface area (Å²) in [6.07, 6.45) is 0. The fourth-order valence-electron chi connectivity index (χ4n) is 3.50. The molecule has 0 aliphatic carbocycles. The molecule has 5 nitrogen and oxygen atoms in total. The Labute approximate surface area is 176 Å². The predicted molar refractivity (Wildman–Crippen MR) is 121 cm³/mol. The van der Waals surface area contributed by atoms with Gasteiger partial charge < -0.3 is 10.2 Å². The second-order valence-corrected chi connectivity index (χ2v) is 8.36. The van der Waals surface area contributed by atoms with Crippen LogP contribution in [0.25, 0.3) is 0 Å². The highest BCUT2D eigenvalue weighted by molar-refractivity contribution is 7.13. The molecule has 0 spiro atoms. The minimum atomic E-state index is 0.112. The first-order valence-electron chi connectivity index (χ1n) is 9.93. The van der Waals surface area contributed by atoms with E-state index >= 15 is 0 Å². The first kappa shape index (κ1) is 19.6. The lowest BCUT2D eigenvalue weighted by Crippen LogP contribution is -2.46. The summed E-state index contributed by atoms with van der Waals surface area (Å²) in [6.45, 7) is 8.55. The number of aromatic nitrogens is 1. The molecule has 0 saturated carbocycles. The number of hydrogen-bond acceptors (Lipinski definition) is 6. The van der Waals surface area contributed by atoms with Crippen molar-refractivity contribution in [1.82, 2.24) is 9.88 Å². The van der Waals surface area contributed by atoms with Gasteiger partial charge in [0.15, 0.2) is 10.9 Å². The highest BCUT2D eigenvalue weighted by atomic mass is 32.1. The molecule has 0 radical (unpaired) electrons. The summed E-state index contributed by atoms with van der Waals surface area (Å²) in [5.41, 5.74) is 5.40. The van der Waals surface area contributed by atoms with Crippen molar-refractivity contribution in [3.63, 3.8) is 0 Å². The van der Waals surface area contributed by atoms with Crippen molar-refractivity contribution in [2.75, 3.05) is 36.4 Å². The Morgan fingerprint density at radius 2 is 1.72 bits per heavy atom. The number of nitrogens with one attached hydrogen (secondary N) is 1. The number of rotatable bonds is 6. The van der Waals surface area contributed by atoms with Gasteiger partial charge in [-0.2, -0.15) is 0 Å². The molecule has 2 heterocycles. The van der Waals surface area contributed by atoms with Crippen molar-refractivity contribution in [2.45, 2.75) is 20.4 Å². The van der Waals surface area contributed by atoms with Gasteiger partial charge in [0.05, 0.1) is 5.69 Å². The number of Topliss-reactive ketones (excluding diaryl/α,β-unsaturated/α-hetero) is 1. The molecular weight excluding hydrogens is 380 g/mol. The van der Waals surface area contributed by atoms with E-state index in [9.17, 15) is 4.79 Å². The van der Waals surface area contributed by atoms with Crippen LogP contribution in [0.1, 0.15) is 28.5 Å². The Bertz CT molecular complexity index is 957. The van der Waals surface area contributed by atoms with Crippen LogP contribution in [0.5, 0.6) is 0 Å². The number of aryl methyl sites for hydroxylation is 1. The van der Waals surface area contributed by atoms with Crippen LogP contribution in [-0.4, -0.2) is 41.8 Å². The van der Waals surface area contributed by atoms with Crippen LogP contribution in [0.15, 0.2) is 53.9 Å². The molecule has 1 aliphatic heterocycles. The lowest BCUT2D eigenvalue weighted by atomic mass is 10.1. The van der Waals surface area contributed by atoms with E-state index in [2.05, 4.69) is 63.8 Å². The highest BCUT2D eigenvalue weighted by Gasteiger charge is 2.18. The lowest BCUT2D eigenvalue weighted by Gasteiger charge is -2.35. The average Bonchev–Trinajstić information content (AvgIpc) is 3.17. The lowest BCUT2D eigenvalue weighted by molar-refractivity contribution is 0.101. The average molecular weight is 407 g/mol. The summed E-state index contributed by atoms with van der Waals surface area (Å²) >= 11 is 1.65.